The number of carbonyl (C=O) groups excluding carboxylic acids is 1. The molecule has 1 atom stereocenters. The van der Waals surface area contributed by atoms with Gasteiger partial charge in [0.15, 0.2) is 0 Å². The number of aromatic nitrogens is 1. The van der Waals surface area contributed by atoms with Crippen molar-refractivity contribution in [2.75, 3.05) is 14.1 Å². The molecule has 29 heavy (non-hydrogen) atoms. The molecule has 1 aromatic heterocycles. The van der Waals surface area contributed by atoms with E-state index in [9.17, 15) is 13.2 Å². The van der Waals surface area contributed by atoms with E-state index in [1.165, 1.54) is 18.4 Å². The Morgan fingerprint density at radius 1 is 1.03 bits per heavy atom. The van der Waals surface area contributed by atoms with Crippen molar-refractivity contribution >= 4 is 26.8 Å². The molecule has 1 amide bonds. The van der Waals surface area contributed by atoms with Crippen LogP contribution in [0.25, 0.3) is 10.9 Å². The fourth-order valence-electron chi connectivity index (χ4n) is 3.16. The summed E-state index contributed by atoms with van der Waals surface area (Å²) in [6, 6.07) is 13.9. The van der Waals surface area contributed by atoms with Crippen molar-refractivity contribution in [3.63, 3.8) is 0 Å². The molecule has 0 radical (unpaired) electrons. The maximum atomic E-state index is 13.0. The van der Waals surface area contributed by atoms with E-state index < -0.39 is 10.0 Å². The zero-order valence-corrected chi connectivity index (χ0v) is 18.0. The Hall–Kier alpha value is -2.77. The summed E-state index contributed by atoms with van der Waals surface area (Å²) in [4.78, 5) is 17.7. The molecule has 3 aromatic rings. The molecule has 0 fully saturated rings. The predicted octanol–water partition coefficient (Wildman–Crippen LogP) is 3.59. The van der Waals surface area contributed by atoms with Gasteiger partial charge in [-0.1, -0.05) is 23.8 Å². The van der Waals surface area contributed by atoms with Crippen molar-refractivity contribution in [3.05, 3.63) is 70.9 Å². The number of hydrogen-bond donors (Lipinski definition) is 1. The van der Waals surface area contributed by atoms with Gasteiger partial charge < -0.3 is 5.32 Å². The van der Waals surface area contributed by atoms with Gasteiger partial charge in [0.2, 0.25) is 10.0 Å². The van der Waals surface area contributed by atoms with E-state index in [4.69, 9.17) is 0 Å². The van der Waals surface area contributed by atoms with Gasteiger partial charge in [0.25, 0.3) is 5.91 Å². The lowest BCUT2D eigenvalue weighted by Crippen LogP contribution is -2.27. The molecule has 6 nitrogen and oxygen atoms in total. The molecular formula is C22H25N3O3S. The number of carbonyl (C=O) groups is 1. The van der Waals surface area contributed by atoms with Crippen LogP contribution in [0.15, 0.2) is 53.4 Å². The van der Waals surface area contributed by atoms with Crippen LogP contribution in [0, 0.1) is 13.8 Å². The Morgan fingerprint density at radius 2 is 1.69 bits per heavy atom. The van der Waals surface area contributed by atoms with Crippen LogP contribution in [0.4, 0.5) is 0 Å². The van der Waals surface area contributed by atoms with E-state index >= 15 is 0 Å². The topological polar surface area (TPSA) is 79.4 Å². The van der Waals surface area contributed by atoms with Crippen LogP contribution in [0.1, 0.15) is 40.1 Å². The fourth-order valence-corrected chi connectivity index (χ4v) is 4.06. The molecule has 1 unspecified atom stereocenters. The minimum absolute atomic E-state index is 0.191. The maximum absolute atomic E-state index is 13.0. The van der Waals surface area contributed by atoms with Crippen molar-refractivity contribution in [2.45, 2.75) is 31.7 Å². The van der Waals surface area contributed by atoms with Gasteiger partial charge in [-0.25, -0.2) is 12.7 Å². The van der Waals surface area contributed by atoms with Gasteiger partial charge in [0.05, 0.1) is 22.0 Å². The molecule has 152 valence electrons. The number of pyridine rings is 1. The van der Waals surface area contributed by atoms with Gasteiger partial charge in [0, 0.05) is 25.2 Å². The van der Waals surface area contributed by atoms with Crippen LogP contribution in [-0.2, 0) is 10.0 Å². The quantitative estimate of drug-likeness (QED) is 0.696. The van der Waals surface area contributed by atoms with Gasteiger partial charge in [-0.05, 0) is 56.7 Å². The second kappa shape index (κ2) is 7.93. The van der Waals surface area contributed by atoms with Gasteiger partial charge in [-0.15, -0.1) is 0 Å². The average Bonchev–Trinajstić information content (AvgIpc) is 2.67. The molecule has 0 bridgehead atoms. The lowest BCUT2D eigenvalue weighted by Gasteiger charge is -2.17. The summed E-state index contributed by atoms with van der Waals surface area (Å²) in [5.41, 5.74) is 4.02. The molecule has 2 aromatic carbocycles. The summed E-state index contributed by atoms with van der Waals surface area (Å²) in [5, 5.41) is 3.82. The molecule has 0 saturated heterocycles. The SMILES string of the molecule is Cc1ccc2nc(C)cc(C(=O)NC(C)c3ccc(S(=O)(=O)N(C)C)cc3)c2c1. The number of fused-ring (bicyclic) bond motifs is 1. The van der Waals surface area contributed by atoms with Gasteiger partial charge in [-0.3, -0.25) is 9.78 Å². The summed E-state index contributed by atoms with van der Waals surface area (Å²) < 4.78 is 25.6. The lowest BCUT2D eigenvalue weighted by atomic mass is 10.0. The molecule has 0 spiro atoms. The Labute approximate surface area is 171 Å². The van der Waals surface area contributed by atoms with Crippen LogP contribution < -0.4 is 5.32 Å². The second-order valence-electron chi connectivity index (χ2n) is 7.38. The molecule has 0 saturated carbocycles. The van der Waals surface area contributed by atoms with E-state index in [0.29, 0.717) is 5.56 Å². The Bertz CT molecular complexity index is 1170. The van der Waals surface area contributed by atoms with Crippen LogP contribution in [0.2, 0.25) is 0 Å². The minimum Gasteiger partial charge on any atom is -0.345 e. The monoisotopic (exact) mass is 411 g/mol. The molecule has 0 aliphatic heterocycles. The lowest BCUT2D eigenvalue weighted by molar-refractivity contribution is 0.0941. The van der Waals surface area contributed by atoms with Gasteiger partial charge in [0.1, 0.15) is 0 Å². The minimum atomic E-state index is -3.48. The summed E-state index contributed by atoms with van der Waals surface area (Å²) in [6.45, 7) is 5.71. The average molecular weight is 412 g/mol. The number of nitrogens with zero attached hydrogens (tertiary/aromatic N) is 2. The van der Waals surface area contributed by atoms with Gasteiger partial charge in [-0.2, -0.15) is 0 Å². The molecule has 3 rings (SSSR count). The van der Waals surface area contributed by atoms with E-state index in [-0.39, 0.29) is 16.8 Å². The van der Waals surface area contributed by atoms with E-state index in [1.807, 2.05) is 39.0 Å². The third kappa shape index (κ3) is 4.31. The number of nitrogens with one attached hydrogen (secondary N) is 1. The molecule has 7 heteroatoms. The largest absolute Gasteiger partial charge is 0.345 e. The number of hydrogen-bond acceptors (Lipinski definition) is 4. The van der Waals surface area contributed by atoms with E-state index in [1.54, 1.807) is 30.3 Å². The molecule has 1 N–H and O–H groups in total. The standard InChI is InChI=1S/C22H25N3O3S/c1-14-6-11-21-19(12-14)20(13-15(2)23-21)22(26)24-16(3)17-7-9-18(10-8-17)29(27,28)25(4)5/h6-13,16H,1-5H3,(H,24,26). The zero-order valence-electron chi connectivity index (χ0n) is 17.2. The Morgan fingerprint density at radius 3 is 2.31 bits per heavy atom. The third-order valence-electron chi connectivity index (χ3n) is 4.84. The van der Waals surface area contributed by atoms with Crippen molar-refractivity contribution in [1.29, 1.82) is 0 Å². The first-order valence-electron chi connectivity index (χ1n) is 9.31. The first-order chi connectivity index (χ1) is 13.6. The summed E-state index contributed by atoms with van der Waals surface area (Å²) in [5.74, 6) is -0.191. The number of aryl methyl sites for hydroxylation is 2. The van der Waals surface area contributed by atoms with Crippen molar-refractivity contribution in [3.8, 4) is 0 Å². The van der Waals surface area contributed by atoms with E-state index in [0.717, 1.165) is 27.7 Å². The molecular weight excluding hydrogens is 386 g/mol. The number of sulfonamides is 1. The predicted molar refractivity (Wildman–Crippen MR) is 114 cm³/mol. The molecule has 0 aliphatic rings. The second-order valence-corrected chi connectivity index (χ2v) is 9.54. The number of amides is 1. The van der Waals surface area contributed by atoms with Gasteiger partial charge >= 0.3 is 0 Å². The fraction of sp³-hybridized carbons (Fsp3) is 0.273. The van der Waals surface area contributed by atoms with Crippen LogP contribution in [-0.4, -0.2) is 37.7 Å². The Balaban J connectivity index is 1.86. The highest BCUT2D eigenvalue weighted by Gasteiger charge is 2.19. The highest BCUT2D eigenvalue weighted by molar-refractivity contribution is 7.89. The zero-order chi connectivity index (χ0) is 21.3. The first-order valence-corrected chi connectivity index (χ1v) is 10.7. The van der Waals surface area contributed by atoms with Crippen LogP contribution >= 0.6 is 0 Å². The van der Waals surface area contributed by atoms with Crippen LogP contribution in [0.3, 0.4) is 0 Å². The molecule has 0 aliphatic carbocycles. The van der Waals surface area contributed by atoms with Crippen LogP contribution in [0.5, 0.6) is 0 Å². The van der Waals surface area contributed by atoms with Crippen molar-refractivity contribution in [1.82, 2.24) is 14.6 Å². The summed E-state index contributed by atoms with van der Waals surface area (Å²) in [7, 11) is -0.490. The normalized spacial score (nSPS) is 12.9. The van der Waals surface area contributed by atoms with E-state index in [2.05, 4.69) is 10.3 Å². The summed E-state index contributed by atoms with van der Waals surface area (Å²) in [6.07, 6.45) is 0. The van der Waals surface area contributed by atoms with Crippen molar-refractivity contribution < 1.29 is 13.2 Å². The highest BCUT2D eigenvalue weighted by atomic mass is 32.2. The highest BCUT2D eigenvalue weighted by Crippen LogP contribution is 2.22. The van der Waals surface area contributed by atoms with Crippen molar-refractivity contribution in [2.24, 2.45) is 0 Å². The number of benzene rings is 2. The molecule has 1 heterocycles. The maximum Gasteiger partial charge on any atom is 0.252 e. The smallest absolute Gasteiger partial charge is 0.252 e. The Kier molecular flexibility index (Phi) is 5.73. The summed E-state index contributed by atoms with van der Waals surface area (Å²) >= 11 is 0. The number of rotatable bonds is 5. The third-order valence-corrected chi connectivity index (χ3v) is 6.67. The first kappa shape index (κ1) is 21.0.